The van der Waals surface area contributed by atoms with Crippen LogP contribution >= 0.6 is 0 Å². The summed E-state index contributed by atoms with van der Waals surface area (Å²) in [7, 11) is 1.70. The third-order valence-corrected chi connectivity index (χ3v) is 2.72. The number of phenolic OH excluding ortho intramolecular Hbond substituents is 1. The Labute approximate surface area is 105 Å². The predicted octanol–water partition coefficient (Wildman–Crippen LogP) is 1.99. The highest BCUT2D eigenvalue weighted by molar-refractivity contribution is 5.84. The average molecular weight is 247 g/mol. The van der Waals surface area contributed by atoms with Gasteiger partial charge in [-0.15, -0.1) is 0 Å². The number of benzene rings is 1. The van der Waals surface area contributed by atoms with Crippen molar-refractivity contribution in [3.63, 3.8) is 0 Å². The summed E-state index contributed by atoms with van der Waals surface area (Å²) in [6.45, 7) is 2.45. The van der Waals surface area contributed by atoms with E-state index in [4.69, 9.17) is 4.84 Å². The Balaban J connectivity index is 2.08. The molecule has 2 aromatic rings. The third kappa shape index (κ3) is 2.81. The lowest BCUT2D eigenvalue weighted by molar-refractivity contribution is 0.206. The summed E-state index contributed by atoms with van der Waals surface area (Å²) < 4.78 is 0. The number of rotatable bonds is 4. The van der Waals surface area contributed by atoms with E-state index in [1.807, 2.05) is 12.3 Å². The quantitative estimate of drug-likeness (QED) is 0.439. The summed E-state index contributed by atoms with van der Waals surface area (Å²) in [4.78, 5) is 12.5. The molecule has 18 heavy (non-hydrogen) atoms. The maximum absolute atomic E-state index is 9.49. The normalized spacial score (nSPS) is 12.0. The molecule has 0 aliphatic carbocycles. The van der Waals surface area contributed by atoms with Gasteiger partial charge in [-0.2, -0.15) is 5.48 Å². The fourth-order valence-corrected chi connectivity index (χ4v) is 1.89. The number of aromatic nitrogens is 1. The first-order chi connectivity index (χ1) is 8.70. The second kappa shape index (κ2) is 5.55. The Kier molecular flexibility index (Phi) is 3.84. The molecule has 1 aromatic carbocycles. The van der Waals surface area contributed by atoms with Crippen molar-refractivity contribution < 1.29 is 9.94 Å². The van der Waals surface area contributed by atoms with Crippen LogP contribution in [-0.2, 0) is 11.3 Å². The zero-order valence-electron chi connectivity index (χ0n) is 10.5. The first-order valence-electron chi connectivity index (χ1n) is 5.84. The Bertz CT molecular complexity index is 560. The zero-order chi connectivity index (χ0) is 13.0. The SMILES string of the molecule is CNOC(C)=NCCc1c[nH]c2ccc(O)cc12. The van der Waals surface area contributed by atoms with E-state index in [1.165, 1.54) is 0 Å². The fourth-order valence-electron chi connectivity index (χ4n) is 1.89. The molecule has 0 aliphatic heterocycles. The molecular formula is C13H17N3O2. The van der Waals surface area contributed by atoms with Crippen LogP contribution in [0.2, 0.25) is 0 Å². The van der Waals surface area contributed by atoms with Gasteiger partial charge in [-0.1, -0.05) is 0 Å². The van der Waals surface area contributed by atoms with Crippen molar-refractivity contribution in [2.45, 2.75) is 13.3 Å². The Morgan fingerprint density at radius 1 is 1.50 bits per heavy atom. The van der Waals surface area contributed by atoms with Crippen molar-refractivity contribution in [2.75, 3.05) is 13.6 Å². The highest BCUT2D eigenvalue weighted by atomic mass is 16.6. The number of aromatic amines is 1. The van der Waals surface area contributed by atoms with Gasteiger partial charge in [0.2, 0.25) is 5.90 Å². The molecule has 5 nitrogen and oxygen atoms in total. The summed E-state index contributed by atoms with van der Waals surface area (Å²) in [5.74, 6) is 0.890. The lowest BCUT2D eigenvalue weighted by atomic mass is 10.1. The molecule has 1 aromatic heterocycles. The van der Waals surface area contributed by atoms with Crippen molar-refractivity contribution in [1.82, 2.24) is 10.5 Å². The van der Waals surface area contributed by atoms with E-state index in [-0.39, 0.29) is 5.75 Å². The maximum atomic E-state index is 9.49. The van der Waals surface area contributed by atoms with Gasteiger partial charge >= 0.3 is 0 Å². The van der Waals surface area contributed by atoms with Crippen molar-refractivity contribution in [1.29, 1.82) is 0 Å². The van der Waals surface area contributed by atoms with Crippen LogP contribution in [-0.4, -0.2) is 29.6 Å². The van der Waals surface area contributed by atoms with Crippen molar-refractivity contribution in [3.05, 3.63) is 30.0 Å². The minimum absolute atomic E-state index is 0.279. The van der Waals surface area contributed by atoms with E-state index < -0.39 is 0 Å². The van der Waals surface area contributed by atoms with Crippen LogP contribution in [0.15, 0.2) is 29.4 Å². The molecule has 0 bridgehead atoms. The Morgan fingerprint density at radius 2 is 2.33 bits per heavy atom. The molecule has 1 heterocycles. The van der Waals surface area contributed by atoms with Gasteiger partial charge in [-0.3, -0.25) is 4.99 Å². The second-order valence-electron chi connectivity index (χ2n) is 4.00. The molecule has 0 fully saturated rings. The third-order valence-electron chi connectivity index (χ3n) is 2.72. The zero-order valence-corrected chi connectivity index (χ0v) is 10.5. The molecule has 0 aliphatic rings. The van der Waals surface area contributed by atoms with E-state index in [1.54, 1.807) is 26.1 Å². The largest absolute Gasteiger partial charge is 0.508 e. The predicted molar refractivity (Wildman–Crippen MR) is 71.8 cm³/mol. The summed E-state index contributed by atoms with van der Waals surface area (Å²) in [6.07, 6.45) is 2.75. The van der Waals surface area contributed by atoms with Crippen LogP contribution in [0.3, 0.4) is 0 Å². The summed E-state index contributed by atoms with van der Waals surface area (Å²) in [5, 5.41) is 10.5. The molecule has 5 heteroatoms. The van der Waals surface area contributed by atoms with E-state index in [0.717, 1.165) is 22.9 Å². The fraction of sp³-hybridized carbons (Fsp3) is 0.308. The number of aliphatic imine (C=N–C) groups is 1. The summed E-state index contributed by atoms with van der Waals surface area (Å²) in [5.41, 5.74) is 4.74. The van der Waals surface area contributed by atoms with Crippen LogP contribution in [0.1, 0.15) is 12.5 Å². The van der Waals surface area contributed by atoms with E-state index in [0.29, 0.717) is 12.4 Å². The minimum atomic E-state index is 0.279. The van der Waals surface area contributed by atoms with Gasteiger partial charge in [0.25, 0.3) is 0 Å². The molecule has 2 rings (SSSR count). The first kappa shape index (κ1) is 12.4. The highest BCUT2D eigenvalue weighted by Gasteiger charge is 2.04. The molecule has 0 amide bonds. The van der Waals surface area contributed by atoms with Crippen molar-refractivity contribution >= 4 is 16.8 Å². The maximum Gasteiger partial charge on any atom is 0.206 e. The average Bonchev–Trinajstić information content (AvgIpc) is 2.72. The minimum Gasteiger partial charge on any atom is -0.508 e. The molecule has 0 atom stereocenters. The van der Waals surface area contributed by atoms with Crippen LogP contribution in [0, 0.1) is 0 Å². The first-order valence-corrected chi connectivity index (χ1v) is 5.84. The molecule has 0 spiro atoms. The molecule has 0 saturated carbocycles. The number of hydrogen-bond acceptors (Lipinski definition) is 4. The number of nitrogens with zero attached hydrogens (tertiary/aromatic N) is 1. The molecule has 3 N–H and O–H groups in total. The van der Waals surface area contributed by atoms with Gasteiger partial charge in [0.1, 0.15) is 5.75 Å². The number of fused-ring (bicyclic) bond motifs is 1. The van der Waals surface area contributed by atoms with Crippen molar-refractivity contribution in [2.24, 2.45) is 4.99 Å². The standard InChI is InChI=1S/C13H17N3O2/c1-9(18-14-2)15-6-5-10-8-16-13-4-3-11(17)7-12(10)13/h3-4,7-8,14,16-17H,5-6H2,1-2H3. The van der Waals surface area contributed by atoms with Gasteiger partial charge in [0.15, 0.2) is 0 Å². The monoisotopic (exact) mass is 247 g/mol. The van der Waals surface area contributed by atoms with Gasteiger partial charge in [-0.05, 0) is 30.2 Å². The van der Waals surface area contributed by atoms with Crippen molar-refractivity contribution in [3.8, 4) is 5.75 Å². The van der Waals surface area contributed by atoms with E-state index >= 15 is 0 Å². The van der Waals surface area contributed by atoms with Crippen LogP contribution < -0.4 is 5.48 Å². The summed E-state index contributed by atoms with van der Waals surface area (Å²) >= 11 is 0. The van der Waals surface area contributed by atoms with Gasteiger partial charge in [0.05, 0.1) is 0 Å². The van der Waals surface area contributed by atoms with E-state index in [2.05, 4.69) is 15.5 Å². The lowest BCUT2D eigenvalue weighted by Crippen LogP contribution is -2.12. The van der Waals surface area contributed by atoms with Crippen LogP contribution in [0.25, 0.3) is 10.9 Å². The molecule has 0 saturated heterocycles. The number of hydroxylamine groups is 1. The number of aromatic hydroxyl groups is 1. The van der Waals surface area contributed by atoms with Gasteiger partial charge in [0, 0.05) is 37.6 Å². The Morgan fingerprint density at radius 3 is 3.11 bits per heavy atom. The molecular weight excluding hydrogens is 230 g/mol. The Hall–Kier alpha value is -2.01. The lowest BCUT2D eigenvalue weighted by Gasteiger charge is -2.01. The van der Waals surface area contributed by atoms with Gasteiger partial charge < -0.3 is 14.9 Å². The highest BCUT2D eigenvalue weighted by Crippen LogP contribution is 2.23. The number of hydrogen-bond donors (Lipinski definition) is 3. The number of phenols is 1. The molecule has 0 unspecified atom stereocenters. The van der Waals surface area contributed by atoms with Gasteiger partial charge in [-0.25, -0.2) is 0 Å². The number of nitrogens with one attached hydrogen (secondary N) is 2. The molecule has 96 valence electrons. The van der Waals surface area contributed by atoms with Crippen LogP contribution in [0.4, 0.5) is 0 Å². The van der Waals surface area contributed by atoms with E-state index in [9.17, 15) is 5.11 Å². The smallest absolute Gasteiger partial charge is 0.206 e. The molecule has 0 radical (unpaired) electrons. The number of H-pyrrole nitrogens is 1. The topological polar surface area (TPSA) is 69.6 Å². The second-order valence-corrected chi connectivity index (χ2v) is 4.00. The van der Waals surface area contributed by atoms with Crippen LogP contribution in [0.5, 0.6) is 5.75 Å². The summed E-state index contributed by atoms with van der Waals surface area (Å²) in [6, 6.07) is 5.31.